The number of hydrogen-bond donors (Lipinski definition) is 1. The zero-order valence-corrected chi connectivity index (χ0v) is 13.7. The fourth-order valence-electron chi connectivity index (χ4n) is 3.58. The molecule has 116 valence electrons. The number of nitrogens with one attached hydrogen (secondary N) is 1. The summed E-state index contributed by atoms with van der Waals surface area (Å²) in [4.78, 5) is 17.4. The lowest BCUT2D eigenvalue weighted by atomic mass is 9.95. The van der Waals surface area contributed by atoms with Gasteiger partial charge in [-0.1, -0.05) is 27.2 Å². The van der Waals surface area contributed by atoms with Gasteiger partial charge in [0, 0.05) is 18.6 Å². The Morgan fingerprint density at radius 3 is 2.65 bits per heavy atom. The molecule has 2 aliphatic heterocycles. The molecule has 2 heterocycles. The van der Waals surface area contributed by atoms with Gasteiger partial charge in [0.25, 0.3) is 0 Å². The Kier molecular flexibility index (Phi) is 5.08. The second-order valence-corrected chi connectivity index (χ2v) is 6.71. The molecule has 2 fully saturated rings. The first-order valence-electron chi connectivity index (χ1n) is 8.28. The molecule has 5 atom stereocenters. The maximum Gasteiger partial charge on any atom is 0.241 e. The van der Waals surface area contributed by atoms with E-state index in [0.29, 0.717) is 23.9 Å². The highest BCUT2D eigenvalue weighted by Gasteiger charge is 2.44. The smallest absolute Gasteiger partial charge is 0.241 e. The van der Waals surface area contributed by atoms with E-state index in [1.54, 1.807) is 0 Å². The Hall–Kier alpha value is -0.610. The molecule has 4 nitrogen and oxygen atoms in total. The zero-order chi connectivity index (χ0) is 14.9. The van der Waals surface area contributed by atoms with Crippen LogP contribution in [0.3, 0.4) is 0 Å². The molecule has 1 amide bonds. The summed E-state index contributed by atoms with van der Waals surface area (Å²) in [5.41, 5.74) is 0. The van der Waals surface area contributed by atoms with E-state index in [0.717, 1.165) is 32.2 Å². The minimum Gasteiger partial charge on any atom is -0.323 e. The van der Waals surface area contributed by atoms with E-state index in [1.807, 2.05) is 0 Å². The molecule has 2 rings (SSSR count). The summed E-state index contributed by atoms with van der Waals surface area (Å²) in [7, 11) is 2.18. The van der Waals surface area contributed by atoms with Crippen molar-refractivity contribution in [3.05, 3.63) is 0 Å². The summed E-state index contributed by atoms with van der Waals surface area (Å²) in [5.74, 6) is 0.762. The Morgan fingerprint density at radius 1 is 1.40 bits per heavy atom. The molecule has 20 heavy (non-hydrogen) atoms. The van der Waals surface area contributed by atoms with Crippen molar-refractivity contribution >= 4 is 5.91 Å². The first kappa shape index (κ1) is 15.8. The van der Waals surface area contributed by atoms with Crippen molar-refractivity contribution in [1.29, 1.82) is 0 Å². The fourth-order valence-corrected chi connectivity index (χ4v) is 3.58. The Labute approximate surface area is 123 Å². The number of hydrogen-bond acceptors (Lipinski definition) is 3. The van der Waals surface area contributed by atoms with Gasteiger partial charge in [0.1, 0.15) is 0 Å². The van der Waals surface area contributed by atoms with Crippen LogP contribution in [0.4, 0.5) is 0 Å². The predicted octanol–water partition coefficient (Wildman–Crippen LogP) is 2.05. The van der Waals surface area contributed by atoms with Crippen molar-refractivity contribution in [3.8, 4) is 0 Å². The fraction of sp³-hybridized carbons (Fsp3) is 0.938. The molecule has 2 saturated heterocycles. The van der Waals surface area contributed by atoms with Gasteiger partial charge in [0.2, 0.25) is 5.91 Å². The largest absolute Gasteiger partial charge is 0.323 e. The van der Waals surface area contributed by atoms with Gasteiger partial charge in [-0.05, 0) is 39.2 Å². The molecular weight excluding hydrogens is 250 g/mol. The Morgan fingerprint density at radius 2 is 2.10 bits per heavy atom. The number of carbonyl (C=O) groups is 1. The van der Waals surface area contributed by atoms with Crippen LogP contribution in [0.5, 0.6) is 0 Å². The first-order valence-corrected chi connectivity index (χ1v) is 8.28. The number of piperidine rings is 1. The number of amides is 1. The molecule has 0 bridgehead atoms. The van der Waals surface area contributed by atoms with Crippen LogP contribution in [0.15, 0.2) is 0 Å². The highest BCUT2D eigenvalue weighted by molar-refractivity contribution is 5.85. The minimum absolute atomic E-state index is 0.0277. The van der Waals surface area contributed by atoms with E-state index in [2.05, 4.69) is 49.9 Å². The maximum atomic E-state index is 12.8. The maximum absolute atomic E-state index is 12.8. The first-order chi connectivity index (χ1) is 9.49. The van der Waals surface area contributed by atoms with Gasteiger partial charge in [-0.2, -0.15) is 0 Å². The Bertz CT molecular complexity index is 347. The van der Waals surface area contributed by atoms with E-state index < -0.39 is 0 Å². The van der Waals surface area contributed by atoms with Gasteiger partial charge in [-0.15, -0.1) is 0 Å². The highest BCUT2D eigenvalue weighted by Crippen LogP contribution is 2.28. The van der Waals surface area contributed by atoms with Crippen molar-refractivity contribution < 1.29 is 4.79 Å². The average molecular weight is 281 g/mol. The van der Waals surface area contributed by atoms with Gasteiger partial charge < -0.3 is 9.80 Å². The van der Waals surface area contributed by atoms with Gasteiger partial charge in [0.15, 0.2) is 0 Å². The summed E-state index contributed by atoms with van der Waals surface area (Å²) in [6, 6.07) is 1.02. The molecule has 1 N–H and O–H groups in total. The van der Waals surface area contributed by atoms with Crippen molar-refractivity contribution in [2.24, 2.45) is 5.92 Å². The predicted molar refractivity (Wildman–Crippen MR) is 82.4 cm³/mol. The molecule has 0 spiro atoms. The molecule has 2 aliphatic rings. The second kappa shape index (κ2) is 6.44. The van der Waals surface area contributed by atoms with Crippen LogP contribution in [0, 0.1) is 5.92 Å². The summed E-state index contributed by atoms with van der Waals surface area (Å²) < 4.78 is 0. The molecule has 0 aromatic carbocycles. The SMILES string of the molecule is CCC(C)C1NC(CC)N(C2CCN(C)C(C)C2)C1=O. The van der Waals surface area contributed by atoms with Crippen molar-refractivity contribution in [2.45, 2.75) is 77.7 Å². The van der Waals surface area contributed by atoms with Gasteiger partial charge in [-0.25, -0.2) is 0 Å². The van der Waals surface area contributed by atoms with E-state index >= 15 is 0 Å². The third kappa shape index (κ3) is 2.86. The lowest BCUT2D eigenvalue weighted by Crippen LogP contribution is -2.51. The normalized spacial score (nSPS) is 37.5. The lowest BCUT2D eigenvalue weighted by molar-refractivity contribution is -0.134. The van der Waals surface area contributed by atoms with Crippen LogP contribution in [0.2, 0.25) is 0 Å². The van der Waals surface area contributed by atoms with Crippen molar-refractivity contribution in [3.63, 3.8) is 0 Å². The monoisotopic (exact) mass is 281 g/mol. The van der Waals surface area contributed by atoms with Crippen LogP contribution < -0.4 is 5.32 Å². The average Bonchev–Trinajstić information content (AvgIpc) is 2.78. The third-order valence-electron chi connectivity index (χ3n) is 5.40. The third-order valence-corrected chi connectivity index (χ3v) is 5.40. The van der Waals surface area contributed by atoms with Crippen LogP contribution in [-0.2, 0) is 4.79 Å². The number of rotatable bonds is 4. The number of carbonyl (C=O) groups excluding carboxylic acids is 1. The molecule has 5 unspecified atom stereocenters. The van der Waals surface area contributed by atoms with E-state index in [-0.39, 0.29) is 12.2 Å². The van der Waals surface area contributed by atoms with Gasteiger partial charge in [-0.3, -0.25) is 10.1 Å². The highest BCUT2D eigenvalue weighted by atomic mass is 16.2. The van der Waals surface area contributed by atoms with Gasteiger partial charge >= 0.3 is 0 Å². The van der Waals surface area contributed by atoms with Crippen LogP contribution in [-0.4, -0.2) is 53.6 Å². The molecule has 0 aliphatic carbocycles. The number of likely N-dealkylation sites (tertiary alicyclic amines) is 1. The van der Waals surface area contributed by atoms with E-state index in [1.165, 1.54) is 0 Å². The summed E-state index contributed by atoms with van der Waals surface area (Å²) in [6.07, 6.45) is 4.50. The van der Waals surface area contributed by atoms with Crippen LogP contribution in [0.25, 0.3) is 0 Å². The van der Waals surface area contributed by atoms with Crippen molar-refractivity contribution in [2.75, 3.05) is 13.6 Å². The van der Waals surface area contributed by atoms with Crippen LogP contribution >= 0.6 is 0 Å². The molecule has 0 radical (unpaired) electrons. The molecule has 0 saturated carbocycles. The standard InChI is InChI=1S/C16H31N3O/c1-6-11(3)15-16(20)19(14(7-2)17-15)13-8-9-18(5)12(4)10-13/h11-15,17H,6-10H2,1-5H3. The van der Waals surface area contributed by atoms with E-state index in [9.17, 15) is 4.79 Å². The Balaban J connectivity index is 2.11. The second-order valence-electron chi connectivity index (χ2n) is 6.71. The quantitative estimate of drug-likeness (QED) is 0.856. The minimum atomic E-state index is 0.0277. The summed E-state index contributed by atoms with van der Waals surface area (Å²) in [6.45, 7) is 9.90. The lowest BCUT2D eigenvalue weighted by Gasteiger charge is -2.41. The molecule has 0 aromatic heterocycles. The molecule has 0 aromatic rings. The summed E-state index contributed by atoms with van der Waals surface area (Å²) >= 11 is 0. The van der Waals surface area contributed by atoms with E-state index in [4.69, 9.17) is 0 Å². The zero-order valence-electron chi connectivity index (χ0n) is 13.7. The van der Waals surface area contributed by atoms with Gasteiger partial charge in [0.05, 0.1) is 12.2 Å². The summed E-state index contributed by atoms with van der Waals surface area (Å²) in [5, 5.41) is 3.58. The number of nitrogens with zero attached hydrogens (tertiary/aromatic N) is 2. The van der Waals surface area contributed by atoms with Crippen molar-refractivity contribution in [1.82, 2.24) is 15.1 Å². The van der Waals surface area contributed by atoms with Crippen LogP contribution in [0.1, 0.15) is 53.4 Å². The molecule has 4 heteroatoms. The molecular formula is C16H31N3O. The topological polar surface area (TPSA) is 35.6 Å².